The van der Waals surface area contributed by atoms with E-state index in [-0.39, 0.29) is 11.8 Å². The summed E-state index contributed by atoms with van der Waals surface area (Å²) in [7, 11) is 1.84. The van der Waals surface area contributed by atoms with Gasteiger partial charge >= 0.3 is 0 Å². The van der Waals surface area contributed by atoms with Crippen molar-refractivity contribution in [3.63, 3.8) is 0 Å². The molecule has 0 radical (unpaired) electrons. The van der Waals surface area contributed by atoms with Gasteiger partial charge in [-0.15, -0.1) is 0 Å². The van der Waals surface area contributed by atoms with Crippen molar-refractivity contribution in [2.24, 2.45) is 0 Å². The van der Waals surface area contributed by atoms with Gasteiger partial charge in [-0.1, -0.05) is 31.9 Å². The van der Waals surface area contributed by atoms with Crippen LogP contribution >= 0.6 is 0 Å². The minimum Gasteiger partial charge on any atom is -0.464 e. The predicted molar refractivity (Wildman–Crippen MR) is 72.9 cm³/mol. The Morgan fingerprint density at radius 2 is 2.22 bits per heavy atom. The fraction of sp³-hybridized carbons (Fsp3) is 0.400. The average Bonchev–Trinajstić information content (AvgIpc) is 2.86. The molecule has 2 rings (SSSR count). The number of furan rings is 1. The number of rotatable bonds is 6. The van der Waals surface area contributed by atoms with Crippen LogP contribution < -0.4 is 5.32 Å². The summed E-state index contributed by atoms with van der Waals surface area (Å²) >= 11 is 0. The molecule has 1 unspecified atom stereocenters. The molecule has 0 aliphatic carbocycles. The normalized spacial score (nSPS) is 12.8. The van der Waals surface area contributed by atoms with E-state index >= 15 is 0 Å². The first-order valence-electron chi connectivity index (χ1n) is 6.45. The first-order valence-corrected chi connectivity index (χ1v) is 6.45. The predicted octanol–water partition coefficient (Wildman–Crippen LogP) is 3.39. The van der Waals surface area contributed by atoms with E-state index in [0.29, 0.717) is 5.56 Å². The number of ketones is 1. The molecule has 0 aliphatic heterocycles. The highest BCUT2D eigenvalue weighted by Crippen LogP contribution is 2.18. The molecule has 1 heterocycles. The van der Waals surface area contributed by atoms with Gasteiger partial charge in [0, 0.05) is 10.9 Å². The summed E-state index contributed by atoms with van der Waals surface area (Å²) in [4.78, 5) is 12.3. The zero-order chi connectivity index (χ0) is 13.0. The van der Waals surface area contributed by atoms with E-state index in [4.69, 9.17) is 4.42 Å². The summed E-state index contributed by atoms with van der Waals surface area (Å²) in [5.74, 6) is 0.143. The second-order valence-electron chi connectivity index (χ2n) is 4.52. The van der Waals surface area contributed by atoms with Crippen molar-refractivity contribution in [3.8, 4) is 0 Å². The fourth-order valence-corrected chi connectivity index (χ4v) is 2.12. The first-order chi connectivity index (χ1) is 8.76. The van der Waals surface area contributed by atoms with Crippen LogP contribution in [0.15, 0.2) is 34.9 Å². The van der Waals surface area contributed by atoms with E-state index < -0.39 is 0 Å². The van der Waals surface area contributed by atoms with Crippen LogP contribution in [-0.2, 0) is 0 Å². The maximum Gasteiger partial charge on any atom is 0.179 e. The molecular formula is C15H19NO2. The highest BCUT2D eigenvalue weighted by Gasteiger charge is 2.18. The van der Waals surface area contributed by atoms with Crippen LogP contribution in [0, 0.1) is 0 Å². The van der Waals surface area contributed by atoms with Crippen molar-refractivity contribution in [3.05, 3.63) is 36.1 Å². The van der Waals surface area contributed by atoms with Gasteiger partial charge in [0.05, 0.1) is 12.3 Å². The maximum atomic E-state index is 12.3. The fourth-order valence-electron chi connectivity index (χ4n) is 2.12. The van der Waals surface area contributed by atoms with Crippen LogP contribution in [0.1, 0.15) is 36.5 Å². The van der Waals surface area contributed by atoms with Gasteiger partial charge < -0.3 is 9.73 Å². The number of nitrogens with one attached hydrogen (secondary N) is 1. The minimum absolute atomic E-state index is 0.0997. The molecule has 0 saturated carbocycles. The van der Waals surface area contributed by atoms with Crippen LogP contribution in [0.4, 0.5) is 0 Å². The Labute approximate surface area is 107 Å². The number of hydrogen-bond donors (Lipinski definition) is 1. The van der Waals surface area contributed by atoms with Crippen LogP contribution in [0.3, 0.4) is 0 Å². The SMILES string of the molecule is CCCCC(NC)C(=O)c1ccc2ccoc2c1. The lowest BCUT2D eigenvalue weighted by molar-refractivity contribution is 0.0941. The zero-order valence-corrected chi connectivity index (χ0v) is 10.9. The van der Waals surface area contributed by atoms with Crippen molar-refractivity contribution in [1.82, 2.24) is 5.32 Å². The number of carbonyl (C=O) groups is 1. The number of likely N-dealkylation sites (N-methyl/N-ethyl adjacent to an activating group) is 1. The van der Waals surface area contributed by atoms with Crippen LogP contribution in [0.25, 0.3) is 11.0 Å². The standard InChI is InChI=1S/C15H19NO2/c1-3-4-5-13(16-2)15(17)12-7-6-11-8-9-18-14(11)10-12/h6-10,13,16H,3-5H2,1-2H3. The zero-order valence-electron chi connectivity index (χ0n) is 10.9. The third kappa shape index (κ3) is 2.62. The van der Waals surface area contributed by atoms with E-state index in [0.717, 1.165) is 30.2 Å². The monoisotopic (exact) mass is 245 g/mol. The van der Waals surface area contributed by atoms with E-state index in [2.05, 4.69) is 12.2 Å². The number of fused-ring (bicyclic) bond motifs is 1. The number of unbranched alkanes of at least 4 members (excludes halogenated alkanes) is 1. The van der Waals surface area contributed by atoms with Crippen LogP contribution in [0.5, 0.6) is 0 Å². The number of carbonyl (C=O) groups excluding carboxylic acids is 1. The van der Waals surface area contributed by atoms with Crippen molar-refractivity contribution < 1.29 is 9.21 Å². The van der Waals surface area contributed by atoms with Gasteiger partial charge in [0.15, 0.2) is 5.78 Å². The molecule has 0 spiro atoms. The lowest BCUT2D eigenvalue weighted by atomic mass is 9.99. The molecule has 18 heavy (non-hydrogen) atoms. The van der Waals surface area contributed by atoms with Gasteiger partial charge in [0.25, 0.3) is 0 Å². The van der Waals surface area contributed by atoms with Crippen LogP contribution in [-0.4, -0.2) is 18.9 Å². The molecule has 0 fully saturated rings. The Morgan fingerprint density at radius 1 is 1.39 bits per heavy atom. The number of Topliss-reactive ketones (excluding diaryl/α,β-unsaturated/α-hetero) is 1. The molecule has 96 valence electrons. The average molecular weight is 245 g/mol. The lowest BCUT2D eigenvalue weighted by Gasteiger charge is -2.14. The maximum absolute atomic E-state index is 12.3. The Hall–Kier alpha value is -1.61. The van der Waals surface area contributed by atoms with Crippen LogP contribution in [0.2, 0.25) is 0 Å². The first kappa shape index (κ1) is 12.8. The molecule has 2 aromatic rings. The Kier molecular flexibility index (Phi) is 4.15. The number of benzene rings is 1. The van der Waals surface area contributed by atoms with E-state index in [1.807, 2.05) is 31.3 Å². The topological polar surface area (TPSA) is 42.2 Å². The lowest BCUT2D eigenvalue weighted by Crippen LogP contribution is -2.33. The molecule has 0 bridgehead atoms. The van der Waals surface area contributed by atoms with Gasteiger partial charge in [-0.25, -0.2) is 0 Å². The molecule has 1 atom stereocenters. The molecule has 0 saturated heterocycles. The molecule has 1 aromatic heterocycles. The number of hydrogen-bond acceptors (Lipinski definition) is 3. The van der Waals surface area contributed by atoms with Gasteiger partial charge in [-0.05, 0) is 25.6 Å². The summed E-state index contributed by atoms with van der Waals surface area (Å²) in [6, 6.07) is 7.43. The third-order valence-electron chi connectivity index (χ3n) is 3.25. The molecule has 1 aromatic carbocycles. The van der Waals surface area contributed by atoms with Crippen molar-refractivity contribution in [2.45, 2.75) is 32.2 Å². The smallest absolute Gasteiger partial charge is 0.179 e. The Morgan fingerprint density at radius 3 is 2.94 bits per heavy atom. The highest BCUT2D eigenvalue weighted by molar-refractivity contribution is 6.02. The van der Waals surface area contributed by atoms with Gasteiger partial charge in [0.2, 0.25) is 0 Å². The molecule has 1 N–H and O–H groups in total. The highest BCUT2D eigenvalue weighted by atomic mass is 16.3. The second-order valence-corrected chi connectivity index (χ2v) is 4.52. The summed E-state index contributed by atoms with van der Waals surface area (Å²) in [6.07, 6.45) is 4.68. The minimum atomic E-state index is -0.0997. The quantitative estimate of drug-likeness (QED) is 0.793. The van der Waals surface area contributed by atoms with Crippen molar-refractivity contribution >= 4 is 16.8 Å². The van der Waals surface area contributed by atoms with Crippen molar-refractivity contribution in [1.29, 1.82) is 0 Å². The molecule has 0 aliphatic rings. The summed E-state index contributed by atoms with van der Waals surface area (Å²) < 4.78 is 5.33. The Bertz CT molecular complexity index is 530. The second kappa shape index (κ2) is 5.83. The van der Waals surface area contributed by atoms with E-state index in [1.54, 1.807) is 6.26 Å². The summed E-state index contributed by atoms with van der Waals surface area (Å²) in [5, 5.41) is 4.13. The summed E-state index contributed by atoms with van der Waals surface area (Å²) in [6.45, 7) is 2.13. The van der Waals surface area contributed by atoms with E-state index in [1.165, 1.54) is 0 Å². The van der Waals surface area contributed by atoms with Crippen molar-refractivity contribution in [2.75, 3.05) is 7.05 Å². The van der Waals surface area contributed by atoms with Gasteiger partial charge in [-0.3, -0.25) is 4.79 Å². The third-order valence-corrected chi connectivity index (χ3v) is 3.25. The molecule has 3 nitrogen and oxygen atoms in total. The molecular weight excluding hydrogens is 226 g/mol. The molecule has 0 amide bonds. The van der Waals surface area contributed by atoms with E-state index in [9.17, 15) is 4.79 Å². The van der Waals surface area contributed by atoms with Gasteiger partial charge in [0.1, 0.15) is 5.58 Å². The Balaban J connectivity index is 2.20. The largest absolute Gasteiger partial charge is 0.464 e. The molecule has 3 heteroatoms. The summed E-state index contributed by atoms with van der Waals surface area (Å²) in [5.41, 5.74) is 1.49. The van der Waals surface area contributed by atoms with Gasteiger partial charge in [-0.2, -0.15) is 0 Å².